The summed E-state index contributed by atoms with van der Waals surface area (Å²) in [4.78, 5) is 0. The summed E-state index contributed by atoms with van der Waals surface area (Å²) in [6, 6.07) is 48.7. The van der Waals surface area contributed by atoms with Crippen LogP contribution >= 0.6 is 0 Å². The molecule has 0 bridgehead atoms. The van der Waals surface area contributed by atoms with Gasteiger partial charge in [0.2, 0.25) is 0 Å². The van der Waals surface area contributed by atoms with E-state index >= 15 is 0 Å². The highest BCUT2D eigenvalue weighted by Gasteiger charge is 2.25. The molecular formula is C40H28N2O2. The smallest absolute Gasteiger partial charge is 0.147 e. The van der Waals surface area contributed by atoms with E-state index in [-0.39, 0.29) is 12.2 Å². The molecule has 0 aliphatic carbocycles. The fraction of sp³-hybridized carbons (Fsp3) is 0.0500. The van der Waals surface area contributed by atoms with E-state index in [1.54, 1.807) is 0 Å². The van der Waals surface area contributed by atoms with Gasteiger partial charge in [-0.2, -0.15) is 0 Å². The number of rotatable bonds is 4. The molecule has 8 aromatic rings. The van der Waals surface area contributed by atoms with Crippen LogP contribution in [0.4, 0.5) is 0 Å². The average molecular weight is 569 g/mol. The normalized spacial score (nSPS) is 16.9. The predicted molar refractivity (Wildman–Crippen MR) is 179 cm³/mol. The summed E-state index contributed by atoms with van der Waals surface area (Å²) in [7, 11) is 0. The molecule has 1 aliphatic rings. The fourth-order valence-corrected chi connectivity index (χ4v) is 6.57. The van der Waals surface area contributed by atoms with E-state index < -0.39 is 0 Å². The Hall–Kier alpha value is -5.58. The molecule has 3 heterocycles. The molecule has 0 fully saturated rings. The van der Waals surface area contributed by atoms with Gasteiger partial charge in [0.25, 0.3) is 0 Å². The third-order valence-corrected chi connectivity index (χ3v) is 8.76. The molecule has 9 rings (SSSR count). The molecule has 44 heavy (non-hydrogen) atoms. The molecule has 0 amide bonds. The van der Waals surface area contributed by atoms with E-state index in [4.69, 9.17) is 8.83 Å². The van der Waals surface area contributed by atoms with Crippen LogP contribution in [0.5, 0.6) is 0 Å². The largest absolute Gasteiger partial charge is 0.456 e. The monoisotopic (exact) mass is 568 g/mol. The van der Waals surface area contributed by atoms with Gasteiger partial charge in [-0.25, -0.2) is 0 Å². The van der Waals surface area contributed by atoms with E-state index in [0.717, 1.165) is 55.1 Å². The van der Waals surface area contributed by atoms with Gasteiger partial charge in [-0.1, -0.05) is 97.1 Å². The maximum absolute atomic E-state index is 6.56. The molecule has 6 aromatic carbocycles. The van der Waals surface area contributed by atoms with Crippen LogP contribution in [0.3, 0.4) is 0 Å². The number of furan rings is 2. The fourth-order valence-electron chi connectivity index (χ4n) is 6.57. The highest BCUT2D eigenvalue weighted by atomic mass is 16.3. The van der Waals surface area contributed by atoms with E-state index in [0.29, 0.717) is 0 Å². The van der Waals surface area contributed by atoms with Crippen molar-refractivity contribution in [3.63, 3.8) is 0 Å². The van der Waals surface area contributed by atoms with Gasteiger partial charge < -0.3 is 14.2 Å². The number of hydrogen-bond donors (Lipinski definition) is 2. The molecule has 1 aliphatic heterocycles. The Morgan fingerprint density at radius 1 is 0.477 bits per heavy atom. The van der Waals surface area contributed by atoms with Gasteiger partial charge in [0, 0.05) is 21.9 Å². The van der Waals surface area contributed by atoms with Crippen LogP contribution in [0, 0.1) is 0 Å². The molecule has 2 unspecified atom stereocenters. The SMILES string of the molecule is C1=C(c2ccc3oc4ccc5c6cc(-c7ccccc7)ccc6oc5c4c3c2)NC(c2ccccc2)NC1c1ccccc1. The van der Waals surface area contributed by atoms with Gasteiger partial charge in [0.05, 0.1) is 11.4 Å². The zero-order valence-corrected chi connectivity index (χ0v) is 23.8. The molecule has 210 valence electrons. The lowest BCUT2D eigenvalue weighted by atomic mass is 9.97. The number of fused-ring (bicyclic) bond motifs is 7. The second kappa shape index (κ2) is 10.0. The van der Waals surface area contributed by atoms with E-state index in [1.165, 1.54) is 22.3 Å². The standard InChI is InChI=1S/C40H28N2O2/c1-4-10-25(11-5-1)28-16-19-35-31(22-28)30-18-21-37-38(39(30)44-35)32-23-29(17-20-36(32)43-37)34-24-33(26-12-6-2-7-13-26)41-40(42-34)27-14-8-3-9-15-27/h1-24,33,40-42H. The van der Waals surface area contributed by atoms with Crippen LogP contribution in [0.1, 0.15) is 28.9 Å². The highest BCUT2D eigenvalue weighted by Crippen LogP contribution is 2.41. The maximum Gasteiger partial charge on any atom is 0.147 e. The Kier molecular flexibility index (Phi) is 5.68. The molecule has 4 nitrogen and oxygen atoms in total. The lowest BCUT2D eigenvalue weighted by Crippen LogP contribution is -2.39. The minimum atomic E-state index is -0.0425. The highest BCUT2D eigenvalue weighted by molar-refractivity contribution is 6.22. The lowest BCUT2D eigenvalue weighted by Gasteiger charge is -2.33. The average Bonchev–Trinajstić information content (AvgIpc) is 3.66. The molecule has 2 aromatic heterocycles. The summed E-state index contributed by atoms with van der Waals surface area (Å²) in [5.41, 5.74) is 10.3. The molecule has 2 N–H and O–H groups in total. The van der Waals surface area contributed by atoms with Gasteiger partial charge in [-0.3, -0.25) is 5.32 Å². The summed E-state index contributed by atoms with van der Waals surface area (Å²) in [5.74, 6) is 0. The van der Waals surface area contributed by atoms with Crippen molar-refractivity contribution in [1.29, 1.82) is 0 Å². The van der Waals surface area contributed by atoms with Crippen molar-refractivity contribution >= 4 is 49.6 Å². The Labute approximate surface area is 254 Å². The molecular weight excluding hydrogens is 540 g/mol. The third-order valence-electron chi connectivity index (χ3n) is 8.76. The maximum atomic E-state index is 6.56. The Bertz CT molecular complexity index is 2330. The third kappa shape index (κ3) is 4.11. The van der Waals surface area contributed by atoms with Crippen LogP contribution in [0.2, 0.25) is 0 Å². The van der Waals surface area contributed by atoms with Gasteiger partial charge in [0.1, 0.15) is 28.5 Å². The van der Waals surface area contributed by atoms with Crippen molar-refractivity contribution < 1.29 is 8.83 Å². The number of nitrogens with one attached hydrogen (secondary N) is 2. The van der Waals surface area contributed by atoms with Crippen molar-refractivity contribution in [3.05, 3.63) is 162 Å². The summed E-state index contributed by atoms with van der Waals surface area (Å²) >= 11 is 0. The van der Waals surface area contributed by atoms with Gasteiger partial charge in [-0.15, -0.1) is 0 Å². The first-order valence-electron chi connectivity index (χ1n) is 15.0. The van der Waals surface area contributed by atoms with Crippen molar-refractivity contribution in [2.75, 3.05) is 0 Å². The minimum Gasteiger partial charge on any atom is -0.456 e. The minimum absolute atomic E-state index is 0.0425. The first kappa shape index (κ1) is 25.0. The number of hydrogen-bond acceptors (Lipinski definition) is 4. The second-order valence-electron chi connectivity index (χ2n) is 11.4. The molecule has 4 heteroatoms. The van der Waals surface area contributed by atoms with E-state index in [2.05, 4.69) is 150 Å². The Balaban J connectivity index is 1.20. The lowest BCUT2D eigenvalue weighted by molar-refractivity contribution is 0.442. The van der Waals surface area contributed by atoms with Crippen molar-refractivity contribution in [3.8, 4) is 11.1 Å². The molecule has 2 atom stereocenters. The van der Waals surface area contributed by atoms with E-state index in [1.807, 2.05) is 6.07 Å². The predicted octanol–water partition coefficient (Wildman–Crippen LogP) is 10.1. The van der Waals surface area contributed by atoms with Crippen LogP contribution in [-0.4, -0.2) is 0 Å². The Morgan fingerprint density at radius 2 is 1.11 bits per heavy atom. The Morgan fingerprint density at radius 3 is 1.89 bits per heavy atom. The van der Waals surface area contributed by atoms with Crippen LogP contribution < -0.4 is 10.6 Å². The van der Waals surface area contributed by atoms with Gasteiger partial charge in [-0.05, 0) is 76.4 Å². The van der Waals surface area contributed by atoms with Crippen molar-refractivity contribution in [2.24, 2.45) is 0 Å². The van der Waals surface area contributed by atoms with Crippen molar-refractivity contribution in [1.82, 2.24) is 10.6 Å². The summed E-state index contributed by atoms with van der Waals surface area (Å²) in [6.45, 7) is 0. The molecule has 0 saturated heterocycles. The number of benzene rings is 6. The van der Waals surface area contributed by atoms with Crippen LogP contribution in [0.25, 0.3) is 60.7 Å². The summed E-state index contributed by atoms with van der Waals surface area (Å²) in [5, 5.41) is 11.8. The van der Waals surface area contributed by atoms with Crippen molar-refractivity contribution in [2.45, 2.75) is 12.2 Å². The molecule has 0 spiro atoms. The first-order valence-corrected chi connectivity index (χ1v) is 15.0. The second-order valence-corrected chi connectivity index (χ2v) is 11.4. The first-order chi connectivity index (χ1) is 21.8. The topological polar surface area (TPSA) is 50.3 Å². The quantitative estimate of drug-likeness (QED) is 0.222. The van der Waals surface area contributed by atoms with Crippen LogP contribution in [0.15, 0.2) is 154 Å². The van der Waals surface area contributed by atoms with Gasteiger partial charge in [0.15, 0.2) is 0 Å². The zero-order valence-electron chi connectivity index (χ0n) is 23.8. The summed E-state index contributed by atoms with van der Waals surface area (Å²) < 4.78 is 12.9. The van der Waals surface area contributed by atoms with E-state index in [9.17, 15) is 0 Å². The summed E-state index contributed by atoms with van der Waals surface area (Å²) in [6.07, 6.45) is 2.24. The van der Waals surface area contributed by atoms with Crippen LogP contribution in [-0.2, 0) is 0 Å². The zero-order chi connectivity index (χ0) is 29.0. The van der Waals surface area contributed by atoms with Gasteiger partial charge >= 0.3 is 0 Å². The molecule has 0 radical (unpaired) electrons. The molecule has 0 saturated carbocycles.